The zero-order valence-corrected chi connectivity index (χ0v) is 9.87. The standard InChI is InChI=1S/C11H11F3N4O/c12-8-5-7(6-9(13)10(8)14)11(19)16-3-1-2-4-17-18-15/h5-6H,1-4H2,(H,16,19). The normalized spacial score (nSPS) is 9.84. The SMILES string of the molecule is [N-]=[N+]=NCCCCNC(=O)c1cc(F)c(F)c(F)c1. The average Bonchev–Trinajstić information content (AvgIpc) is 2.39. The van der Waals surface area contributed by atoms with E-state index in [-0.39, 0.29) is 12.1 Å². The number of carbonyl (C=O) groups is 1. The maximum atomic E-state index is 12.9. The van der Waals surface area contributed by atoms with Gasteiger partial charge in [-0.05, 0) is 30.5 Å². The van der Waals surface area contributed by atoms with Crippen LogP contribution in [0.25, 0.3) is 10.4 Å². The molecule has 0 spiro atoms. The molecule has 8 heteroatoms. The summed E-state index contributed by atoms with van der Waals surface area (Å²) in [5.74, 6) is -5.12. The molecule has 0 bridgehead atoms. The van der Waals surface area contributed by atoms with Crippen molar-refractivity contribution in [3.63, 3.8) is 0 Å². The van der Waals surface area contributed by atoms with Gasteiger partial charge in [0, 0.05) is 23.6 Å². The Morgan fingerprint density at radius 2 is 1.89 bits per heavy atom. The Morgan fingerprint density at radius 1 is 1.26 bits per heavy atom. The lowest BCUT2D eigenvalue weighted by Gasteiger charge is -2.05. The molecule has 1 aromatic carbocycles. The Bertz CT molecular complexity index is 492. The number of carbonyl (C=O) groups excluding carboxylic acids is 1. The van der Waals surface area contributed by atoms with E-state index in [1.54, 1.807) is 0 Å². The van der Waals surface area contributed by atoms with Crippen LogP contribution in [-0.4, -0.2) is 19.0 Å². The predicted octanol–water partition coefficient (Wildman–Crippen LogP) is 2.92. The lowest BCUT2D eigenvalue weighted by Crippen LogP contribution is -2.25. The first-order valence-electron chi connectivity index (χ1n) is 5.50. The first kappa shape index (κ1) is 14.8. The molecule has 0 aliphatic heterocycles. The highest BCUT2D eigenvalue weighted by Crippen LogP contribution is 2.13. The topological polar surface area (TPSA) is 77.9 Å². The van der Waals surface area contributed by atoms with Crippen molar-refractivity contribution in [3.8, 4) is 0 Å². The molecule has 5 nitrogen and oxygen atoms in total. The van der Waals surface area contributed by atoms with Gasteiger partial charge in [-0.2, -0.15) is 0 Å². The van der Waals surface area contributed by atoms with Gasteiger partial charge in [-0.1, -0.05) is 5.11 Å². The summed E-state index contributed by atoms with van der Waals surface area (Å²) in [4.78, 5) is 14.1. The lowest BCUT2D eigenvalue weighted by atomic mass is 10.2. The second-order valence-corrected chi connectivity index (χ2v) is 3.67. The van der Waals surface area contributed by atoms with E-state index >= 15 is 0 Å². The second kappa shape index (κ2) is 7.27. The van der Waals surface area contributed by atoms with Gasteiger partial charge in [0.25, 0.3) is 5.91 Å². The molecule has 0 atom stereocenters. The van der Waals surface area contributed by atoms with E-state index in [2.05, 4.69) is 15.3 Å². The summed E-state index contributed by atoms with van der Waals surface area (Å²) in [5.41, 5.74) is 7.74. The van der Waals surface area contributed by atoms with E-state index in [1.165, 1.54) is 0 Å². The summed E-state index contributed by atoms with van der Waals surface area (Å²) in [6.45, 7) is 0.576. The molecule has 0 unspecified atom stereocenters. The molecule has 0 saturated heterocycles. The summed E-state index contributed by atoms with van der Waals surface area (Å²) in [6.07, 6.45) is 1.13. The average molecular weight is 272 g/mol. The Kier molecular flexibility index (Phi) is 5.69. The van der Waals surface area contributed by atoms with Crippen molar-refractivity contribution >= 4 is 5.91 Å². The fourth-order valence-corrected chi connectivity index (χ4v) is 1.34. The first-order chi connectivity index (χ1) is 9.06. The third-order valence-electron chi connectivity index (χ3n) is 2.28. The van der Waals surface area contributed by atoms with Gasteiger partial charge in [0.15, 0.2) is 17.5 Å². The summed E-state index contributed by atoms with van der Waals surface area (Å²) >= 11 is 0. The third kappa shape index (κ3) is 4.51. The molecule has 102 valence electrons. The summed E-state index contributed by atoms with van der Waals surface area (Å²) in [6, 6.07) is 1.27. The molecule has 1 amide bonds. The van der Waals surface area contributed by atoms with Crippen LogP contribution in [0.2, 0.25) is 0 Å². The van der Waals surface area contributed by atoms with Gasteiger partial charge in [0.2, 0.25) is 0 Å². The van der Waals surface area contributed by atoms with Gasteiger partial charge in [-0.3, -0.25) is 4.79 Å². The number of rotatable bonds is 6. The third-order valence-corrected chi connectivity index (χ3v) is 2.28. The highest BCUT2D eigenvalue weighted by molar-refractivity contribution is 5.94. The fourth-order valence-electron chi connectivity index (χ4n) is 1.34. The van der Waals surface area contributed by atoms with Crippen LogP contribution in [0.4, 0.5) is 13.2 Å². The van der Waals surface area contributed by atoms with Crippen LogP contribution in [-0.2, 0) is 0 Å². The molecule has 1 N–H and O–H groups in total. The molecular formula is C11H11F3N4O. The van der Waals surface area contributed by atoms with Crippen LogP contribution in [0.15, 0.2) is 17.2 Å². The molecule has 0 heterocycles. The number of unbranched alkanes of at least 4 members (excludes halogenated alkanes) is 1. The molecule has 1 aromatic rings. The number of hydrogen-bond donors (Lipinski definition) is 1. The number of amides is 1. The molecule has 0 fully saturated rings. The van der Waals surface area contributed by atoms with Crippen LogP contribution in [0, 0.1) is 17.5 Å². The summed E-state index contributed by atoms with van der Waals surface area (Å²) in [5, 5.41) is 5.73. The van der Waals surface area contributed by atoms with Gasteiger partial charge in [-0.25, -0.2) is 13.2 Å². The van der Waals surface area contributed by atoms with Gasteiger partial charge >= 0.3 is 0 Å². The van der Waals surface area contributed by atoms with Crippen molar-refractivity contribution in [2.24, 2.45) is 5.11 Å². The highest BCUT2D eigenvalue weighted by Gasteiger charge is 2.14. The molecule has 0 radical (unpaired) electrons. The van der Waals surface area contributed by atoms with Gasteiger partial charge in [0.1, 0.15) is 0 Å². The zero-order valence-electron chi connectivity index (χ0n) is 9.87. The number of benzene rings is 1. The lowest BCUT2D eigenvalue weighted by molar-refractivity contribution is 0.0952. The summed E-state index contributed by atoms with van der Waals surface area (Å²) < 4.78 is 38.5. The molecule has 19 heavy (non-hydrogen) atoms. The molecular weight excluding hydrogens is 261 g/mol. The summed E-state index contributed by atoms with van der Waals surface area (Å²) in [7, 11) is 0. The van der Waals surface area contributed by atoms with E-state index in [4.69, 9.17) is 5.53 Å². The highest BCUT2D eigenvalue weighted by atomic mass is 19.2. The van der Waals surface area contributed by atoms with Crippen LogP contribution in [0.1, 0.15) is 23.2 Å². The molecule has 0 aliphatic carbocycles. The van der Waals surface area contributed by atoms with E-state index < -0.39 is 23.4 Å². The Labute approximate surface area is 107 Å². The minimum absolute atomic E-state index is 0.264. The monoisotopic (exact) mass is 272 g/mol. The van der Waals surface area contributed by atoms with Crippen molar-refractivity contribution in [2.75, 3.05) is 13.1 Å². The van der Waals surface area contributed by atoms with Crippen molar-refractivity contribution in [3.05, 3.63) is 45.6 Å². The number of nitrogens with zero attached hydrogens (tertiary/aromatic N) is 3. The van der Waals surface area contributed by atoms with Crippen molar-refractivity contribution in [1.82, 2.24) is 5.32 Å². The predicted molar refractivity (Wildman–Crippen MR) is 61.9 cm³/mol. The number of azide groups is 1. The minimum atomic E-state index is -1.61. The van der Waals surface area contributed by atoms with Crippen LogP contribution in [0.5, 0.6) is 0 Å². The second-order valence-electron chi connectivity index (χ2n) is 3.67. The maximum absolute atomic E-state index is 12.9. The van der Waals surface area contributed by atoms with Crippen molar-refractivity contribution in [1.29, 1.82) is 0 Å². The Balaban J connectivity index is 2.48. The van der Waals surface area contributed by atoms with Gasteiger partial charge in [-0.15, -0.1) is 0 Å². The molecule has 0 aliphatic rings. The zero-order chi connectivity index (χ0) is 14.3. The maximum Gasteiger partial charge on any atom is 0.251 e. The van der Waals surface area contributed by atoms with E-state index in [9.17, 15) is 18.0 Å². The molecule has 0 saturated carbocycles. The Hall–Kier alpha value is -2.21. The van der Waals surface area contributed by atoms with E-state index in [0.29, 0.717) is 31.5 Å². The quantitative estimate of drug-likeness (QED) is 0.279. The number of halogens is 3. The first-order valence-corrected chi connectivity index (χ1v) is 5.50. The van der Waals surface area contributed by atoms with Crippen molar-refractivity contribution in [2.45, 2.75) is 12.8 Å². The molecule has 1 rings (SSSR count). The largest absolute Gasteiger partial charge is 0.352 e. The van der Waals surface area contributed by atoms with Crippen LogP contribution in [0.3, 0.4) is 0 Å². The minimum Gasteiger partial charge on any atom is -0.352 e. The van der Waals surface area contributed by atoms with Crippen LogP contribution >= 0.6 is 0 Å². The number of hydrogen-bond acceptors (Lipinski definition) is 2. The van der Waals surface area contributed by atoms with E-state index in [1.807, 2.05) is 0 Å². The fraction of sp³-hybridized carbons (Fsp3) is 0.364. The van der Waals surface area contributed by atoms with Crippen LogP contribution < -0.4 is 5.32 Å². The molecule has 0 aromatic heterocycles. The van der Waals surface area contributed by atoms with E-state index in [0.717, 1.165) is 0 Å². The smallest absolute Gasteiger partial charge is 0.251 e. The Morgan fingerprint density at radius 3 is 2.47 bits per heavy atom. The van der Waals surface area contributed by atoms with Gasteiger partial charge in [0.05, 0.1) is 0 Å². The van der Waals surface area contributed by atoms with Crippen molar-refractivity contribution < 1.29 is 18.0 Å². The number of nitrogens with one attached hydrogen (secondary N) is 1. The van der Waals surface area contributed by atoms with Gasteiger partial charge < -0.3 is 5.32 Å².